The molecule has 7 heteroatoms. The molecule has 0 aliphatic heterocycles. The van der Waals surface area contributed by atoms with Crippen molar-refractivity contribution in [2.45, 2.75) is 36.6 Å². The van der Waals surface area contributed by atoms with Crippen LogP contribution in [0, 0.1) is 0 Å². The number of nitrogens with one attached hydrogen (secondary N) is 1. The molecule has 1 saturated carbocycles. The minimum absolute atomic E-state index is 0.0234. The molecule has 6 nitrogen and oxygen atoms in total. The van der Waals surface area contributed by atoms with Crippen molar-refractivity contribution in [3.8, 4) is 5.75 Å². The first kappa shape index (κ1) is 14.8. The summed E-state index contributed by atoms with van der Waals surface area (Å²) >= 11 is 0. The Morgan fingerprint density at radius 3 is 2.65 bits per heavy atom. The third-order valence-corrected chi connectivity index (χ3v) is 4.31. The van der Waals surface area contributed by atoms with Crippen molar-refractivity contribution in [3.63, 3.8) is 0 Å². The van der Waals surface area contributed by atoms with E-state index in [0.717, 1.165) is 19.3 Å². The molecule has 0 bridgehead atoms. The molecule has 1 aliphatic rings. The van der Waals surface area contributed by atoms with Gasteiger partial charge in [0.1, 0.15) is 5.75 Å². The van der Waals surface area contributed by atoms with Crippen LogP contribution in [0.4, 0.5) is 0 Å². The Morgan fingerprint density at radius 1 is 1.45 bits per heavy atom. The van der Waals surface area contributed by atoms with Gasteiger partial charge in [-0.3, -0.25) is 4.79 Å². The fourth-order valence-corrected chi connectivity index (χ4v) is 2.64. The van der Waals surface area contributed by atoms with Crippen molar-refractivity contribution in [2.75, 3.05) is 7.11 Å². The summed E-state index contributed by atoms with van der Waals surface area (Å²) in [5, 5.41) is 7.99. The van der Waals surface area contributed by atoms with Crippen LogP contribution in [-0.4, -0.2) is 27.5 Å². The van der Waals surface area contributed by atoms with Gasteiger partial charge in [0.25, 0.3) is 0 Å². The first-order chi connectivity index (χ1) is 9.40. The predicted molar refractivity (Wildman–Crippen MR) is 73.9 cm³/mol. The second-order valence-corrected chi connectivity index (χ2v) is 6.45. The van der Waals surface area contributed by atoms with E-state index in [1.54, 1.807) is 0 Å². The largest absolute Gasteiger partial charge is 0.496 e. The van der Waals surface area contributed by atoms with Crippen molar-refractivity contribution in [1.29, 1.82) is 0 Å². The van der Waals surface area contributed by atoms with Crippen LogP contribution in [-0.2, 0) is 21.2 Å². The predicted octanol–water partition coefficient (Wildman–Crippen LogP) is 0.554. The maximum Gasteiger partial charge on any atom is 0.238 e. The van der Waals surface area contributed by atoms with Crippen LogP contribution in [0.2, 0.25) is 0 Å². The molecule has 1 amide bonds. The van der Waals surface area contributed by atoms with Crippen LogP contribution in [0.15, 0.2) is 23.1 Å². The van der Waals surface area contributed by atoms with E-state index in [1.807, 2.05) is 0 Å². The number of rotatable bonds is 5. The summed E-state index contributed by atoms with van der Waals surface area (Å²) in [5.74, 6) is 0.334. The molecule has 0 heterocycles. The van der Waals surface area contributed by atoms with E-state index >= 15 is 0 Å². The zero-order valence-corrected chi connectivity index (χ0v) is 12.1. The average molecular weight is 298 g/mol. The molecular weight excluding hydrogens is 280 g/mol. The van der Waals surface area contributed by atoms with E-state index in [2.05, 4.69) is 5.32 Å². The molecule has 20 heavy (non-hydrogen) atoms. The fraction of sp³-hybridized carbons (Fsp3) is 0.462. The van der Waals surface area contributed by atoms with E-state index in [0.29, 0.717) is 11.3 Å². The molecule has 0 spiro atoms. The number of carbonyl (C=O) groups is 1. The van der Waals surface area contributed by atoms with Crippen LogP contribution in [0.25, 0.3) is 0 Å². The smallest absolute Gasteiger partial charge is 0.238 e. The van der Waals surface area contributed by atoms with Crippen molar-refractivity contribution >= 4 is 15.9 Å². The number of nitrogens with two attached hydrogens (primary N) is 1. The molecule has 2 rings (SSSR count). The Bertz CT molecular complexity index is 609. The van der Waals surface area contributed by atoms with Gasteiger partial charge >= 0.3 is 0 Å². The van der Waals surface area contributed by atoms with E-state index in [9.17, 15) is 13.2 Å². The fourth-order valence-electron chi connectivity index (χ4n) is 2.07. The average Bonchev–Trinajstić information content (AvgIpc) is 2.33. The van der Waals surface area contributed by atoms with E-state index < -0.39 is 10.0 Å². The number of hydrogen-bond donors (Lipinski definition) is 2. The quantitative estimate of drug-likeness (QED) is 0.829. The molecule has 0 unspecified atom stereocenters. The summed E-state index contributed by atoms with van der Waals surface area (Å²) in [6.45, 7) is 0. The maximum absolute atomic E-state index is 11.9. The van der Waals surface area contributed by atoms with Gasteiger partial charge in [0, 0.05) is 11.6 Å². The summed E-state index contributed by atoms with van der Waals surface area (Å²) in [5.41, 5.74) is 0.510. The van der Waals surface area contributed by atoms with Gasteiger partial charge in [-0.2, -0.15) is 0 Å². The minimum Gasteiger partial charge on any atom is -0.496 e. The molecule has 1 fully saturated rings. The summed E-state index contributed by atoms with van der Waals surface area (Å²) in [6.07, 6.45) is 3.21. The molecule has 1 aliphatic carbocycles. The summed E-state index contributed by atoms with van der Waals surface area (Å²) < 4.78 is 27.8. The van der Waals surface area contributed by atoms with Gasteiger partial charge in [0.2, 0.25) is 15.9 Å². The maximum atomic E-state index is 11.9. The third kappa shape index (κ3) is 3.49. The molecule has 1 aromatic rings. The van der Waals surface area contributed by atoms with Crippen molar-refractivity contribution in [3.05, 3.63) is 23.8 Å². The topological polar surface area (TPSA) is 98.5 Å². The first-order valence-corrected chi connectivity index (χ1v) is 7.94. The van der Waals surface area contributed by atoms with Gasteiger partial charge < -0.3 is 10.1 Å². The normalized spacial score (nSPS) is 15.5. The Morgan fingerprint density at radius 2 is 2.15 bits per heavy atom. The molecule has 0 saturated heterocycles. The van der Waals surface area contributed by atoms with E-state index in [1.165, 1.54) is 25.3 Å². The molecular formula is C13H18N2O4S. The number of sulfonamides is 1. The van der Waals surface area contributed by atoms with Crippen LogP contribution in [0.3, 0.4) is 0 Å². The van der Waals surface area contributed by atoms with Crippen molar-refractivity contribution < 1.29 is 17.9 Å². The Hall–Kier alpha value is -1.60. The van der Waals surface area contributed by atoms with Crippen LogP contribution >= 0.6 is 0 Å². The highest BCUT2D eigenvalue weighted by Gasteiger charge is 2.20. The SMILES string of the molecule is COc1ccc(S(N)(=O)=O)cc1CC(=O)NC1CCC1. The molecule has 110 valence electrons. The Kier molecular flexibility index (Phi) is 4.29. The van der Waals surface area contributed by atoms with Crippen molar-refractivity contribution in [1.82, 2.24) is 5.32 Å². The van der Waals surface area contributed by atoms with Crippen LogP contribution in [0.1, 0.15) is 24.8 Å². The number of primary sulfonamides is 1. The number of carbonyl (C=O) groups excluding carboxylic acids is 1. The lowest BCUT2D eigenvalue weighted by Gasteiger charge is -2.26. The van der Waals surface area contributed by atoms with E-state index in [-0.39, 0.29) is 23.3 Å². The molecule has 0 atom stereocenters. The van der Waals surface area contributed by atoms with Gasteiger partial charge in [-0.1, -0.05) is 0 Å². The number of methoxy groups -OCH3 is 1. The highest BCUT2D eigenvalue weighted by molar-refractivity contribution is 7.89. The number of benzene rings is 1. The van der Waals surface area contributed by atoms with Gasteiger partial charge in [0.05, 0.1) is 18.4 Å². The zero-order chi connectivity index (χ0) is 14.8. The molecule has 0 radical (unpaired) electrons. The first-order valence-electron chi connectivity index (χ1n) is 6.39. The lowest BCUT2D eigenvalue weighted by atomic mass is 9.93. The number of amides is 1. The number of ether oxygens (including phenoxy) is 1. The highest BCUT2D eigenvalue weighted by atomic mass is 32.2. The second kappa shape index (κ2) is 5.80. The summed E-state index contributed by atoms with van der Waals surface area (Å²) in [4.78, 5) is 11.9. The van der Waals surface area contributed by atoms with Crippen molar-refractivity contribution in [2.24, 2.45) is 5.14 Å². The van der Waals surface area contributed by atoms with Gasteiger partial charge in [-0.05, 0) is 37.5 Å². The van der Waals surface area contributed by atoms with Crippen LogP contribution < -0.4 is 15.2 Å². The monoisotopic (exact) mass is 298 g/mol. The lowest BCUT2D eigenvalue weighted by molar-refractivity contribution is -0.121. The Balaban J connectivity index is 2.17. The third-order valence-electron chi connectivity index (χ3n) is 3.40. The Labute approximate surface area is 118 Å². The van der Waals surface area contributed by atoms with Crippen LogP contribution in [0.5, 0.6) is 5.75 Å². The summed E-state index contributed by atoms with van der Waals surface area (Å²) in [7, 11) is -2.32. The van der Waals surface area contributed by atoms with E-state index in [4.69, 9.17) is 9.88 Å². The molecule has 0 aromatic heterocycles. The van der Waals surface area contributed by atoms with Gasteiger partial charge in [-0.25, -0.2) is 13.6 Å². The zero-order valence-electron chi connectivity index (χ0n) is 11.3. The standard InChI is InChI=1S/C13H18N2O4S/c1-19-12-6-5-11(20(14,17)18)7-9(12)8-13(16)15-10-3-2-4-10/h5-7,10H,2-4,8H2,1H3,(H,15,16)(H2,14,17,18). The lowest BCUT2D eigenvalue weighted by Crippen LogP contribution is -2.40. The minimum atomic E-state index is -3.79. The highest BCUT2D eigenvalue weighted by Crippen LogP contribution is 2.23. The van der Waals surface area contributed by atoms with Gasteiger partial charge in [-0.15, -0.1) is 0 Å². The molecule has 3 N–H and O–H groups in total. The number of hydrogen-bond acceptors (Lipinski definition) is 4. The summed E-state index contributed by atoms with van der Waals surface area (Å²) in [6, 6.07) is 4.50. The molecule has 1 aromatic carbocycles. The van der Waals surface area contributed by atoms with Gasteiger partial charge in [0.15, 0.2) is 0 Å². The second-order valence-electron chi connectivity index (χ2n) is 4.89.